The highest BCUT2D eigenvalue weighted by atomic mass is 16.5. The number of likely N-dealkylation sites (tertiary alicyclic amines) is 1. The summed E-state index contributed by atoms with van der Waals surface area (Å²) >= 11 is 0. The maximum absolute atomic E-state index is 5.42. The molecule has 1 aliphatic rings. The van der Waals surface area contributed by atoms with Crippen molar-refractivity contribution in [1.29, 1.82) is 0 Å². The van der Waals surface area contributed by atoms with Crippen molar-refractivity contribution in [1.82, 2.24) is 9.80 Å². The minimum Gasteiger partial charge on any atom is -0.496 e. The summed E-state index contributed by atoms with van der Waals surface area (Å²) in [7, 11) is 6.15. The fourth-order valence-corrected chi connectivity index (χ4v) is 3.11. The van der Waals surface area contributed by atoms with Gasteiger partial charge >= 0.3 is 0 Å². The van der Waals surface area contributed by atoms with Gasteiger partial charge in [-0.15, -0.1) is 0 Å². The molecule has 0 aromatic heterocycles. The Balaban J connectivity index is 2.00. The van der Waals surface area contributed by atoms with Crippen LogP contribution in [-0.2, 0) is 6.54 Å². The Labute approximate surface area is 123 Å². The molecule has 0 radical (unpaired) electrons. The van der Waals surface area contributed by atoms with Gasteiger partial charge in [0, 0.05) is 12.6 Å². The van der Waals surface area contributed by atoms with Gasteiger partial charge in [0.1, 0.15) is 5.75 Å². The summed E-state index contributed by atoms with van der Waals surface area (Å²) in [6.45, 7) is 5.61. The van der Waals surface area contributed by atoms with Crippen LogP contribution in [0.2, 0.25) is 0 Å². The van der Waals surface area contributed by atoms with Crippen LogP contribution in [0.4, 0.5) is 0 Å². The van der Waals surface area contributed by atoms with E-state index in [-0.39, 0.29) is 0 Å². The smallest absolute Gasteiger partial charge is 0.122 e. The van der Waals surface area contributed by atoms with E-state index in [1.165, 1.54) is 43.5 Å². The molecule has 2 rings (SSSR count). The van der Waals surface area contributed by atoms with E-state index in [1.54, 1.807) is 7.11 Å². The predicted octanol–water partition coefficient (Wildman–Crippen LogP) is 2.92. The van der Waals surface area contributed by atoms with Crippen LogP contribution in [0.5, 0.6) is 5.75 Å². The largest absolute Gasteiger partial charge is 0.496 e. The lowest BCUT2D eigenvalue weighted by Crippen LogP contribution is -2.30. The molecule has 0 aliphatic carbocycles. The Hall–Kier alpha value is -1.06. The lowest BCUT2D eigenvalue weighted by molar-refractivity contribution is 0.245. The third kappa shape index (κ3) is 3.74. The van der Waals surface area contributed by atoms with Crippen molar-refractivity contribution in [3.8, 4) is 5.75 Å². The molecule has 3 heteroatoms. The molecular weight excluding hydrogens is 248 g/mol. The van der Waals surface area contributed by atoms with E-state index in [4.69, 9.17) is 4.74 Å². The van der Waals surface area contributed by atoms with Crippen molar-refractivity contribution in [3.05, 3.63) is 29.3 Å². The third-order valence-corrected chi connectivity index (χ3v) is 4.53. The standard InChI is InChI=1S/C17H28N2O/c1-14-15(7-5-9-17(14)20-4)13-19-11-6-8-16(10-12-19)18(2)3/h5,7,9,16H,6,8,10-13H2,1-4H3. The maximum atomic E-state index is 5.42. The molecule has 3 nitrogen and oxygen atoms in total. The molecule has 1 unspecified atom stereocenters. The van der Waals surface area contributed by atoms with Gasteiger partial charge in [-0.3, -0.25) is 4.90 Å². The van der Waals surface area contributed by atoms with Crippen LogP contribution in [0.25, 0.3) is 0 Å². The molecule has 1 fully saturated rings. The highest BCUT2D eigenvalue weighted by molar-refractivity contribution is 5.39. The van der Waals surface area contributed by atoms with Crippen LogP contribution < -0.4 is 4.74 Å². The second-order valence-electron chi connectivity index (χ2n) is 6.07. The van der Waals surface area contributed by atoms with Crippen molar-refractivity contribution in [2.24, 2.45) is 0 Å². The van der Waals surface area contributed by atoms with E-state index in [2.05, 4.69) is 43.0 Å². The van der Waals surface area contributed by atoms with Crippen molar-refractivity contribution in [2.45, 2.75) is 38.8 Å². The Morgan fingerprint density at radius 3 is 2.75 bits per heavy atom. The zero-order chi connectivity index (χ0) is 14.5. The molecule has 0 saturated carbocycles. The topological polar surface area (TPSA) is 15.7 Å². The first-order valence-corrected chi connectivity index (χ1v) is 7.63. The molecule has 0 amide bonds. The van der Waals surface area contributed by atoms with Gasteiger partial charge in [-0.05, 0) is 70.6 Å². The number of nitrogens with zero attached hydrogens (tertiary/aromatic N) is 2. The minimum absolute atomic E-state index is 0.742. The normalized spacial score (nSPS) is 20.9. The number of benzene rings is 1. The second-order valence-corrected chi connectivity index (χ2v) is 6.07. The van der Waals surface area contributed by atoms with E-state index in [0.717, 1.165) is 18.3 Å². The number of hydrogen-bond donors (Lipinski definition) is 0. The molecule has 1 aromatic rings. The molecule has 1 heterocycles. The summed E-state index contributed by atoms with van der Waals surface area (Å²) in [6, 6.07) is 7.11. The predicted molar refractivity (Wildman–Crippen MR) is 84.3 cm³/mol. The SMILES string of the molecule is COc1cccc(CN2CCCC(N(C)C)CC2)c1C. The van der Waals surface area contributed by atoms with Crippen LogP contribution in [0.15, 0.2) is 18.2 Å². The van der Waals surface area contributed by atoms with Gasteiger partial charge < -0.3 is 9.64 Å². The number of ether oxygens (including phenoxy) is 1. The average molecular weight is 276 g/mol. The molecule has 1 saturated heterocycles. The number of hydrogen-bond acceptors (Lipinski definition) is 3. The highest BCUT2D eigenvalue weighted by Gasteiger charge is 2.19. The number of rotatable bonds is 4. The molecule has 20 heavy (non-hydrogen) atoms. The molecule has 1 aromatic carbocycles. The Morgan fingerprint density at radius 1 is 1.25 bits per heavy atom. The first-order valence-electron chi connectivity index (χ1n) is 7.63. The minimum atomic E-state index is 0.742. The Bertz CT molecular complexity index is 431. The van der Waals surface area contributed by atoms with E-state index < -0.39 is 0 Å². The van der Waals surface area contributed by atoms with E-state index in [9.17, 15) is 0 Å². The van der Waals surface area contributed by atoms with Gasteiger partial charge in [-0.1, -0.05) is 12.1 Å². The Morgan fingerprint density at radius 2 is 2.05 bits per heavy atom. The van der Waals surface area contributed by atoms with Crippen LogP contribution in [0.1, 0.15) is 30.4 Å². The van der Waals surface area contributed by atoms with Crippen molar-refractivity contribution < 1.29 is 4.74 Å². The van der Waals surface area contributed by atoms with E-state index in [1.807, 2.05) is 6.07 Å². The van der Waals surface area contributed by atoms with Crippen LogP contribution >= 0.6 is 0 Å². The van der Waals surface area contributed by atoms with Crippen molar-refractivity contribution in [3.63, 3.8) is 0 Å². The summed E-state index contributed by atoms with van der Waals surface area (Å²) in [5.41, 5.74) is 2.68. The summed E-state index contributed by atoms with van der Waals surface area (Å²) in [5, 5.41) is 0. The van der Waals surface area contributed by atoms with Crippen molar-refractivity contribution in [2.75, 3.05) is 34.3 Å². The Kier molecular flexibility index (Phi) is 5.44. The summed E-state index contributed by atoms with van der Waals surface area (Å²) in [5.74, 6) is 1.00. The molecule has 112 valence electrons. The van der Waals surface area contributed by atoms with Gasteiger partial charge in [0.15, 0.2) is 0 Å². The second kappa shape index (κ2) is 7.09. The van der Waals surface area contributed by atoms with Gasteiger partial charge in [0.05, 0.1) is 7.11 Å². The molecule has 0 spiro atoms. The van der Waals surface area contributed by atoms with Crippen LogP contribution in [0.3, 0.4) is 0 Å². The van der Waals surface area contributed by atoms with Gasteiger partial charge in [0.2, 0.25) is 0 Å². The summed E-state index contributed by atoms with van der Waals surface area (Å²) in [6.07, 6.45) is 3.89. The van der Waals surface area contributed by atoms with Gasteiger partial charge in [-0.2, -0.15) is 0 Å². The quantitative estimate of drug-likeness (QED) is 0.841. The monoisotopic (exact) mass is 276 g/mol. The highest BCUT2D eigenvalue weighted by Crippen LogP contribution is 2.23. The summed E-state index contributed by atoms with van der Waals surface area (Å²) < 4.78 is 5.42. The van der Waals surface area contributed by atoms with E-state index >= 15 is 0 Å². The van der Waals surface area contributed by atoms with Gasteiger partial charge in [-0.25, -0.2) is 0 Å². The lowest BCUT2D eigenvalue weighted by atomic mass is 10.1. The van der Waals surface area contributed by atoms with Crippen molar-refractivity contribution >= 4 is 0 Å². The third-order valence-electron chi connectivity index (χ3n) is 4.53. The molecule has 1 aliphatic heterocycles. The molecule has 0 N–H and O–H groups in total. The first kappa shape index (κ1) is 15.3. The van der Waals surface area contributed by atoms with Gasteiger partial charge in [0.25, 0.3) is 0 Å². The van der Waals surface area contributed by atoms with E-state index in [0.29, 0.717) is 0 Å². The fraction of sp³-hybridized carbons (Fsp3) is 0.647. The molecular formula is C17H28N2O. The molecule has 1 atom stereocenters. The zero-order valence-corrected chi connectivity index (χ0v) is 13.4. The molecule has 0 bridgehead atoms. The maximum Gasteiger partial charge on any atom is 0.122 e. The summed E-state index contributed by atoms with van der Waals surface area (Å²) in [4.78, 5) is 4.96. The van der Waals surface area contributed by atoms with Crippen LogP contribution in [-0.4, -0.2) is 50.1 Å². The fourth-order valence-electron chi connectivity index (χ4n) is 3.11. The zero-order valence-electron chi connectivity index (χ0n) is 13.4. The first-order chi connectivity index (χ1) is 9.61. The lowest BCUT2D eigenvalue weighted by Gasteiger charge is -2.24. The number of methoxy groups -OCH3 is 1. The van der Waals surface area contributed by atoms with Crippen LogP contribution in [0, 0.1) is 6.92 Å². The average Bonchev–Trinajstić information content (AvgIpc) is 2.67.